The molecule has 1 aliphatic rings. The lowest BCUT2D eigenvalue weighted by Gasteiger charge is -2.20. The highest BCUT2D eigenvalue weighted by molar-refractivity contribution is 5.78. The Labute approximate surface area is 99.0 Å². The maximum absolute atomic E-state index is 11.4. The number of amides is 1. The SMILES string of the molecule is CC(On1c(O)ccc1O)C1CC(=O)N(C)C1. The molecule has 2 N–H and O–H groups in total. The topological polar surface area (TPSA) is 74.9 Å². The highest BCUT2D eigenvalue weighted by atomic mass is 16.7. The fourth-order valence-corrected chi connectivity index (χ4v) is 1.97. The Kier molecular flexibility index (Phi) is 2.87. The zero-order chi connectivity index (χ0) is 12.6. The first-order valence-electron chi connectivity index (χ1n) is 5.50. The zero-order valence-electron chi connectivity index (χ0n) is 9.83. The minimum Gasteiger partial charge on any atom is -0.492 e. The maximum atomic E-state index is 11.4. The summed E-state index contributed by atoms with van der Waals surface area (Å²) in [6.45, 7) is 2.44. The monoisotopic (exact) mass is 240 g/mol. The maximum Gasteiger partial charge on any atom is 0.229 e. The van der Waals surface area contributed by atoms with Crippen molar-refractivity contribution in [2.45, 2.75) is 19.4 Å². The van der Waals surface area contributed by atoms with Gasteiger partial charge in [0.25, 0.3) is 0 Å². The van der Waals surface area contributed by atoms with Crippen LogP contribution in [0.1, 0.15) is 13.3 Å². The lowest BCUT2D eigenvalue weighted by atomic mass is 10.0. The van der Waals surface area contributed by atoms with Crippen molar-refractivity contribution in [2.75, 3.05) is 13.6 Å². The largest absolute Gasteiger partial charge is 0.492 e. The molecule has 1 fully saturated rings. The van der Waals surface area contributed by atoms with Gasteiger partial charge in [-0.3, -0.25) is 4.79 Å². The lowest BCUT2D eigenvalue weighted by molar-refractivity contribution is -0.126. The molecule has 1 amide bonds. The molecule has 2 atom stereocenters. The third kappa shape index (κ3) is 2.15. The molecule has 2 heterocycles. The standard InChI is InChI=1S/C11H16N2O4/c1-7(8-5-11(16)12(2)6-8)17-13-9(14)3-4-10(13)15/h3-4,7-8,14-15H,5-6H2,1-2H3. The van der Waals surface area contributed by atoms with Crippen molar-refractivity contribution in [3.05, 3.63) is 12.1 Å². The molecule has 1 aromatic rings. The Morgan fingerprint density at radius 2 is 2.00 bits per heavy atom. The summed E-state index contributed by atoms with van der Waals surface area (Å²) in [5.41, 5.74) is 0. The molecule has 0 spiro atoms. The van der Waals surface area contributed by atoms with E-state index in [1.165, 1.54) is 12.1 Å². The number of rotatable bonds is 3. The van der Waals surface area contributed by atoms with Crippen LogP contribution in [0.5, 0.6) is 11.8 Å². The molecule has 6 nitrogen and oxygen atoms in total. The van der Waals surface area contributed by atoms with Crippen LogP contribution in [-0.2, 0) is 4.79 Å². The van der Waals surface area contributed by atoms with Gasteiger partial charge in [-0.05, 0) is 6.92 Å². The van der Waals surface area contributed by atoms with Crippen molar-refractivity contribution >= 4 is 5.91 Å². The Hall–Kier alpha value is -1.85. The van der Waals surface area contributed by atoms with E-state index < -0.39 is 0 Å². The highest BCUT2D eigenvalue weighted by Gasteiger charge is 2.32. The molecule has 17 heavy (non-hydrogen) atoms. The molecule has 2 rings (SSSR count). The van der Waals surface area contributed by atoms with Crippen molar-refractivity contribution in [3.8, 4) is 11.8 Å². The lowest BCUT2D eigenvalue weighted by Crippen LogP contribution is -2.31. The molecule has 0 aromatic carbocycles. The molecule has 0 radical (unpaired) electrons. The van der Waals surface area contributed by atoms with Crippen molar-refractivity contribution < 1.29 is 19.8 Å². The first kappa shape index (κ1) is 11.6. The predicted molar refractivity (Wildman–Crippen MR) is 59.5 cm³/mol. The van der Waals surface area contributed by atoms with Gasteiger partial charge in [-0.25, -0.2) is 0 Å². The summed E-state index contributed by atoms with van der Waals surface area (Å²) in [6, 6.07) is 2.68. The first-order valence-corrected chi connectivity index (χ1v) is 5.50. The molecule has 1 aliphatic heterocycles. The van der Waals surface area contributed by atoms with E-state index in [0.29, 0.717) is 13.0 Å². The number of carbonyl (C=O) groups is 1. The summed E-state index contributed by atoms with van der Waals surface area (Å²) in [4.78, 5) is 18.5. The molecule has 0 aliphatic carbocycles. The minimum atomic E-state index is -0.270. The van der Waals surface area contributed by atoms with Crippen LogP contribution in [0.3, 0.4) is 0 Å². The minimum absolute atomic E-state index is 0.0636. The predicted octanol–water partition coefficient (Wildman–Crippen LogP) is 0.195. The second-order valence-electron chi connectivity index (χ2n) is 4.39. The van der Waals surface area contributed by atoms with Gasteiger partial charge in [0.15, 0.2) is 0 Å². The van der Waals surface area contributed by atoms with E-state index in [4.69, 9.17) is 4.84 Å². The zero-order valence-corrected chi connectivity index (χ0v) is 9.83. The fraction of sp³-hybridized carbons (Fsp3) is 0.545. The third-order valence-electron chi connectivity index (χ3n) is 3.10. The number of nitrogens with zero attached hydrogens (tertiary/aromatic N) is 2. The van der Waals surface area contributed by atoms with Gasteiger partial charge in [0.2, 0.25) is 17.7 Å². The van der Waals surface area contributed by atoms with E-state index in [1.807, 2.05) is 6.92 Å². The average molecular weight is 240 g/mol. The normalized spacial score (nSPS) is 21.9. The van der Waals surface area contributed by atoms with E-state index in [2.05, 4.69) is 0 Å². The van der Waals surface area contributed by atoms with Crippen LogP contribution in [0.25, 0.3) is 0 Å². The van der Waals surface area contributed by atoms with Crippen LogP contribution in [0, 0.1) is 5.92 Å². The van der Waals surface area contributed by atoms with Crippen LogP contribution in [0.4, 0.5) is 0 Å². The Bertz CT molecular complexity index is 410. The Morgan fingerprint density at radius 1 is 1.41 bits per heavy atom. The smallest absolute Gasteiger partial charge is 0.229 e. The molecule has 0 saturated carbocycles. The number of aromatic nitrogens is 1. The second kappa shape index (κ2) is 4.20. The van der Waals surface area contributed by atoms with Crippen LogP contribution in [0.2, 0.25) is 0 Å². The summed E-state index contributed by atoms with van der Waals surface area (Å²) < 4.78 is 0.966. The summed E-state index contributed by atoms with van der Waals surface area (Å²) in [5, 5.41) is 18.9. The van der Waals surface area contributed by atoms with Gasteiger partial charge >= 0.3 is 0 Å². The fourth-order valence-electron chi connectivity index (χ4n) is 1.97. The van der Waals surface area contributed by atoms with Crippen molar-refractivity contribution in [3.63, 3.8) is 0 Å². The van der Waals surface area contributed by atoms with E-state index >= 15 is 0 Å². The Balaban J connectivity index is 2.03. The number of hydrogen-bond acceptors (Lipinski definition) is 4. The van der Waals surface area contributed by atoms with Gasteiger partial charge in [0.1, 0.15) is 6.10 Å². The van der Waals surface area contributed by atoms with E-state index in [0.717, 1.165) is 4.73 Å². The van der Waals surface area contributed by atoms with Gasteiger partial charge in [-0.1, -0.05) is 0 Å². The molecular formula is C11H16N2O4. The Morgan fingerprint density at radius 3 is 2.47 bits per heavy atom. The summed E-state index contributed by atoms with van der Waals surface area (Å²) >= 11 is 0. The molecular weight excluding hydrogens is 224 g/mol. The molecule has 1 saturated heterocycles. The van der Waals surface area contributed by atoms with Crippen LogP contribution in [0.15, 0.2) is 12.1 Å². The number of likely N-dealkylation sites (tertiary alicyclic amines) is 1. The first-order chi connectivity index (χ1) is 7.99. The van der Waals surface area contributed by atoms with Gasteiger partial charge in [0.05, 0.1) is 0 Å². The van der Waals surface area contributed by atoms with E-state index in [-0.39, 0.29) is 29.7 Å². The van der Waals surface area contributed by atoms with Crippen molar-refractivity contribution in [1.29, 1.82) is 0 Å². The van der Waals surface area contributed by atoms with Crippen molar-refractivity contribution in [2.24, 2.45) is 5.92 Å². The number of aromatic hydroxyl groups is 2. The molecule has 94 valence electrons. The average Bonchev–Trinajstić information content (AvgIpc) is 2.76. The quantitative estimate of drug-likeness (QED) is 0.791. The third-order valence-corrected chi connectivity index (χ3v) is 3.10. The summed E-state index contributed by atoms with van der Waals surface area (Å²) in [5.74, 6) is -0.167. The molecule has 1 aromatic heterocycles. The van der Waals surface area contributed by atoms with Crippen LogP contribution in [-0.4, -0.2) is 45.4 Å². The van der Waals surface area contributed by atoms with Crippen molar-refractivity contribution in [1.82, 2.24) is 9.63 Å². The van der Waals surface area contributed by atoms with Crippen LogP contribution < -0.4 is 4.84 Å². The summed E-state index contributed by atoms with van der Waals surface area (Å²) in [7, 11) is 1.75. The van der Waals surface area contributed by atoms with E-state index in [9.17, 15) is 15.0 Å². The number of carbonyl (C=O) groups excluding carboxylic acids is 1. The van der Waals surface area contributed by atoms with Gasteiger partial charge in [-0.2, -0.15) is 0 Å². The van der Waals surface area contributed by atoms with E-state index in [1.54, 1.807) is 11.9 Å². The summed E-state index contributed by atoms with van der Waals surface area (Å²) in [6.07, 6.45) is 0.161. The second-order valence-corrected chi connectivity index (χ2v) is 4.39. The van der Waals surface area contributed by atoms with Crippen LogP contribution >= 0.6 is 0 Å². The highest BCUT2D eigenvalue weighted by Crippen LogP contribution is 2.24. The molecule has 0 bridgehead atoms. The van der Waals surface area contributed by atoms with Gasteiger partial charge < -0.3 is 20.0 Å². The molecule has 6 heteroatoms. The van der Waals surface area contributed by atoms with Gasteiger partial charge in [0, 0.05) is 38.1 Å². The van der Waals surface area contributed by atoms with Gasteiger partial charge in [-0.15, -0.1) is 4.73 Å². The number of hydrogen-bond donors (Lipinski definition) is 2. The molecule has 2 unspecified atom stereocenters.